The zero-order valence-electron chi connectivity index (χ0n) is 8.09. The molecule has 0 aromatic carbocycles. The Morgan fingerprint density at radius 3 is 2.62 bits per heavy atom. The molecule has 0 radical (unpaired) electrons. The van der Waals surface area contributed by atoms with Gasteiger partial charge in [0.1, 0.15) is 0 Å². The monoisotopic (exact) mass is 179 g/mol. The molecule has 0 unspecified atom stereocenters. The van der Waals surface area contributed by atoms with Gasteiger partial charge in [0.05, 0.1) is 5.69 Å². The van der Waals surface area contributed by atoms with Crippen LogP contribution in [0, 0.1) is 6.92 Å². The number of H-pyrrole nitrogens is 1. The fraction of sp³-hybridized carbons (Fsp3) is 0.700. The summed E-state index contributed by atoms with van der Waals surface area (Å²) in [4.78, 5) is 0. The molecule has 1 aliphatic carbocycles. The van der Waals surface area contributed by atoms with Gasteiger partial charge in [-0.2, -0.15) is 5.10 Å². The smallest absolute Gasteiger partial charge is 0.0655 e. The van der Waals surface area contributed by atoms with Gasteiger partial charge in [0.25, 0.3) is 0 Å². The Morgan fingerprint density at radius 1 is 1.38 bits per heavy atom. The first-order valence-electron chi connectivity index (χ1n) is 5.03. The molecule has 0 spiro atoms. The molecule has 3 nitrogen and oxygen atoms in total. The van der Waals surface area contributed by atoms with Gasteiger partial charge in [0.15, 0.2) is 0 Å². The first kappa shape index (κ1) is 8.75. The summed E-state index contributed by atoms with van der Waals surface area (Å²) >= 11 is 0. The van der Waals surface area contributed by atoms with Crippen molar-refractivity contribution in [2.45, 2.75) is 44.6 Å². The standard InChI is InChI=1S/C10H17N3/c1-7-6-10(13-12-7)8-2-4-9(11)5-3-8/h6,8-9H,2-5,11H2,1H3,(H,12,13). The van der Waals surface area contributed by atoms with Crippen LogP contribution in [0.5, 0.6) is 0 Å². The Balaban J connectivity index is 2.02. The van der Waals surface area contributed by atoms with E-state index in [0.29, 0.717) is 12.0 Å². The summed E-state index contributed by atoms with van der Waals surface area (Å²) in [6.07, 6.45) is 4.70. The molecular weight excluding hydrogens is 162 g/mol. The third-order valence-electron chi connectivity index (χ3n) is 2.92. The number of aryl methyl sites for hydroxylation is 1. The lowest BCUT2D eigenvalue weighted by atomic mass is 9.84. The molecule has 1 saturated carbocycles. The van der Waals surface area contributed by atoms with Gasteiger partial charge in [-0.05, 0) is 38.7 Å². The number of aromatic nitrogens is 2. The van der Waals surface area contributed by atoms with Gasteiger partial charge in [-0.15, -0.1) is 0 Å². The lowest BCUT2D eigenvalue weighted by Gasteiger charge is -2.24. The van der Waals surface area contributed by atoms with Crippen molar-refractivity contribution < 1.29 is 0 Å². The predicted octanol–water partition coefficient (Wildman–Crippen LogP) is 1.70. The van der Waals surface area contributed by atoms with Gasteiger partial charge >= 0.3 is 0 Å². The second kappa shape index (κ2) is 3.50. The first-order valence-corrected chi connectivity index (χ1v) is 5.03. The third kappa shape index (κ3) is 1.91. The summed E-state index contributed by atoms with van der Waals surface area (Å²) in [6, 6.07) is 2.58. The van der Waals surface area contributed by atoms with Gasteiger partial charge in [0.2, 0.25) is 0 Å². The molecule has 1 aliphatic rings. The van der Waals surface area contributed by atoms with Crippen molar-refractivity contribution in [2.24, 2.45) is 5.73 Å². The van der Waals surface area contributed by atoms with Gasteiger partial charge < -0.3 is 5.73 Å². The SMILES string of the molecule is Cc1cc(C2CCC(N)CC2)n[nH]1. The molecule has 1 aromatic heterocycles. The quantitative estimate of drug-likeness (QED) is 0.689. The van der Waals surface area contributed by atoms with Crippen LogP contribution in [-0.4, -0.2) is 16.2 Å². The molecule has 0 amide bonds. The predicted molar refractivity (Wildman–Crippen MR) is 52.5 cm³/mol. The molecule has 3 N–H and O–H groups in total. The van der Waals surface area contributed by atoms with E-state index in [2.05, 4.69) is 16.3 Å². The largest absolute Gasteiger partial charge is 0.328 e. The van der Waals surface area contributed by atoms with Gasteiger partial charge in [-0.25, -0.2) is 0 Å². The molecule has 3 heteroatoms. The minimum Gasteiger partial charge on any atom is -0.328 e. The lowest BCUT2D eigenvalue weighted by Crippen LogP contribution is -2.25. The Morgan fingerprint density at radius 2 is 2.08 bits per heavy atom. The van der Waals surface area contributed by atoms with Crippen molar-refractivity contribution in [2.75, 3.05) is 0 Å². The highest BCUT2D eigenvalue weighted by Crippen LogP contribution is 2.31. The molecule has 0 bridgehead atoms. The highest BCUT2D eigenvalue weighted by Gasteiger charge is 2.21. The Kier molecular flexibility index (Phi) is 2.36. The molecular formula is C10H17N3. The number of rotatable bonds is 1. The summed E-state index contributed by atoms with van der Waals surface area (Å²) in [5.41, 5.74) is 8.24. The average molecular weight is 179 g/mol. The molecule has 2 rings (SSSR count). The molecule has 0 atom stereocenters. The van der Waals surface area contributed by atoms with E-state index >= 15 is 0 Å². The molecule has 1 fully saturated rings. The Bertz CT molecular complexity index is 271. The van der Waals surface area contributed by atoms with E-state index in [0.717, 1.165) is 18.5 Å². The summed E-state index contributed by atoms with van der Waals surface area (Å²) in [6.45, 7) is 2.05. The van der Waals surface area contributed by atoms with Crippen LogP contribution in [0.15, 0.2) is 6.07 Å². The molecule has 1 aromatic rings. The lowest BCUT2D eigenvalue weighted by molar-refractivity contribution is 0.390. The van der Waals surface area contributed by atoms with Crippen molar-refractivity contribution in [3.05, 3.63) is 17.5 Å². The highest BCUT2D eigenvalue weighted by molar-refractivity contribution is 5.12. The van der Waals surface area contributed by atoms with Crippen molar-refractivity contribution in [1.82, 2.24) is 10.2 Å². The number of aromatic amines is 1. The summed E-state index contributed by atoms with van der Waals surface area (Å²) in [7, 11) is 0. The first-order chi connectivity index (χ1) is 6.25. The second-order valence-electron chi connectivity index (χ2n) is 4.09. The Hall–Kier alpha value is -0.830. The fourth-order valence-corrected chi connectivity index (χ4v) is 2.06. The highest BCUT2D eigenvalue weighted by atomic mass is 15.1. The van der Waals surface area contributed by atoms with E-state index in [1.165, 1.54) is 18.5 Å². The van der Waals surface area contributed by atoms with E-state index in [4.69, 9.17) is 5.73 Å². The maximum atomic E-state index is 5.85. The van der Waals surface area contributed by atoms with E-state index in [1.807, 2.05) is 6.92 Å². The van der Waals surface area contributed by atoms with E-state index in [-0.39, 0.29) is 0 Å². The molecule has 13 heavy (non-hydrogen) atoms. The average Bonchev–Trinajstić information content (AvgIpc) is 2.53. The van der Waals surface area contributed by atoms with Crippen LogP contribution in [0.25, 0.3) is 0 Å². The summed E-state index contributed by atoms with van der Waals surface area (Å²) in [5.74, 6) is 0.643. The number of nitrogens with one attached hydrogen (secondary N) is 1. The van der Waals surface area contributed by atoms with Gasteiger partial charge in [-0.3, -0.25) is 5.10 Å². The van der Waals surface area contributed by atoms with E-state index < -0.39 is 0 Å². The van der Waals surface area contributed by atoms with Crippen LogP contribution in [0.2, 0.25) is 0 Å². The molecule has 1 heterocycles. The number of hydrogen-bond acceptors (Lipinski definition) is 2. The van der Waals surface area contributed by atoms with Crippen LogP contribution in [-0.2, 0) is 0 Å². The maximum Gasteiger partial charge on any atom is 0.0655 e. The van der Waals surface area contributed by atoms with E-state index in [9.17, 15) is 0 Å². The fourth-order valence-electron chi connectivity index (χ4n) is 2.06. The van der Waals surface area contributed by atoms with E-state index in [1.54, 1.807) is 0 Å². The third-order valence-corrected chi connectivity index (χ3v) is 2.92. The molecule has 72 valence electrons. The molecule has 0 saturated heterocycles. The summed E-state index contributed by atoms with van der Waals surface area (Å²) < 4.78 is 0. The minimum atomic E-state index is 0.427. The minimum absolute atomic E-state index is 0.427. The van der Waals surface area contributed by atoms with Crippen LogP contribution in [0.4, 0.5) is 0 Å². The molecule has 0 aliphatic heterocycles. The van der Waals surface area contributed by atoms with Gasteiger partial charge in [0, 0.05) is 17.7 Å². The second-order valence-corrected chi connectivity index (χ2v) is 4.09. The van der Waals surface area contributed by atoms with Crippen molar-refractivity contribution in [1.29, 1.82) is 0 Å². The van der Waals surface area contributed by atoms with Crippen molar-refractivity contribution >= 4 is 0 Å². The topological polar surface area (TPSA) is 54.7 Å². The van der Waals surface area contributed by atoms with Crippen LogP contribution in [0.1, 0.15) is 43.0 Å². The van der Waals surface area contributed by atoms with Crippen LogP contribution >= 0.6 is 0 Å². The number of hydrogen-bond donors (Lipinski definition) is 2. The normalized spacial score (nSPS) is 29.1. The Labute approximate surface area is 78.7 Å². The summed E-state index contributed by atoms with van der Waals surface area (Å²) in [5, 5.41) is 7.29. The van der Waals surface area contributed by atoms with Crippen LogP contribution in [0.3, 0.4) is 0 Å². The number of nitrogens with two attached hydrogens (primary N) is 1. The maximum absolute atomic E-state index is 5.85. The van der Waals surface area contributed by atoms with Gasteiger partial charge in [-0.1, -0.05) is 0 Å². The number of nitrogens with zero attached hydrogens (tertiary/aromatic N) is 1. The van der Waals surface area contributed by atoms with Crippen molar-refractivity contribution in [3.63, 3.8) is 0 Å². The van der Waals surface area contributed by atoms with Crippen molar-refractivity contribution in [3.8, 4) is 0 Å². The zero-order chi connectivity index (χ0) is 9.26. The van der Waals surface area contributed by atoms with Crippen LogP contribution < -0.4 is 5.73 Å². The zero-order valence-corrected chi connectivity index (χ0v) is 8.09.